The lowest BCUT2D eigenvalue weighted by Crippen LogP contribution is -2.74. The zero-order chi connectivity index (χ0) is 44.7. The summed E-state index contributed by atoms with van der Waals surface area (Å²) in [5, 5.41) is 11.1. The Bertz CT molecular complexity index is 3770. The highest BCUT2D eigenvalue weighted by Gasteiger charge is 2.41. The molecule has 9 aromatic carbocycles. The Kier molecular flexibility index (Phi) is 7.01. The average molecular weight is 800 g/mol. The third-order valence-corrected chi connectivity index (χ3v) is 17.0. The van der Waals surface area contributed by atoms with Crippen molar-refractivity contribution in [1.29, 1.82) is 0 Å². The molecule has 0 bridgehead atoms. The van der Waals surface area contributed by atoms with E-state index >= 15 is 0 Å². The molecule has 12 rings (SSSR count). The molecule has 0 N–H and O–H groups in total. The quantitative estimate of drug-likeness (QED) is 0.119. The molecule has 3 heterocycles. The summed E-state index contributed by atoms with van der Waals surface area (Å²) < 4.78 is 47.6. The molecular formula is C56H38N4Si. The maximum Gasteiger partial charge on any atom is 0.235 e. The smallest absolute Gasteiger partial charge is 0.235 e. The number of aromatic nitrogens is 4. The molecule has 61 heavy (non-hydrogen) atoms. The van der Waals surface area contributed by atoms with Crippen molar-refractivity contribution >= 4 is 83.2 Å². The van der Waals surface area contributed by atoms with Gasteiger partial charge in [0.1, 0.15) is 0 Å². The molecule has 0 aliphatic heterocycles. The van der Waals surface area contributed by atoms with E-state index in [4.69, 9.17) is 16.8 Å². The van der Waals surface area contributed by atoms with Crippen LogP contribution in [0.15, 0.2) is 231 Å². The second kappa shape index (κ2) is 14.2. The van der Waals surface area contributed by atoms with Crippen molar-refractivity contribution in [1.82, 2.24) is 19.1 Å². The first-order valence-electron chi connectivity index (χ1n) is 22.9. The fourth-order valence-electron chi connectivity index (χ4n) is 9.65. The maximum atomic E-state index is 9.07. The van der Waals surface area contributed by atoms with Gasteiger partial charge >= 0.3 is 0 Å². The van der Waals surface area contributed by atoms with Gasteiger partial charge < -0.3 is 4.57 Å². The van der Waals surface area contributed by atoms with Gasteiger partial charge in [-0.15, -0.1) is 0 Å². The fourth-order valence-corrected chi connectivity index (χ4v) is 14.4. The molecule has 0 saturated carbocycles. The van der Waals surface area contributed by atoms with Crippen molar-refractivity contribution in [3.05, 3.63) is 231 Å². The summed E-state index contributed by atoms with van der Waals surface area (Å²) in [6.45, 7) is 0. The molecule has 286 valence electrons. The predicted molar refractivity (Wildman–Crippen MR) is 257 cm³/mol. The molecule has 0 atom stereocenters. The van der Waals surface area contributed by atoms with Gasteiger partial charge in [0.2, 0.25) is 5.95 Å². The third-order valence-electron chi connectivity index (χ3n) is 12.2. The Morgan fingerprint density at radius 1 is 0.426 bits per heavy atom. The highest BCUT2D eigenvalue weighted by molar-refractivity contribution is 7.19. The zero-order valence-electron chi connectivity index (χ0n) is 37.8. The Morgan fingerprint density at radius 3 is 1.77 bits per heavy atom. The number of nitrogens with zero attached hydrogens (tertiary/aromatic N) is 4. The van der Waals surface area contributed by atoms with Crippen LogP contribution in [0.5, 0.6) is 0 Å². The van der Waals surface area contributed by atoms with Crippen molar-refractivity contribution in [3.8, 4) is 22.9 Å². The van der Waals surface area contributed by atoms with E-state index in [9.17, 15) is 0 Å². The highest BCUT2D eigenvalue weighted by Crippen LogP contribution is 2.41. The van der Waals surface area contributed by atoms with Crippen molar-refractivity contribution in [2.24, 2.45) is 0 Å². The lowest BCUT2D eigenvalue weighted by atomic mass is 10.0. The largest absolute Gasteiger partial charge is 0.309 e. The van der Waals surface area contributed by atoms with Gasteiger partial charge in [0, 0.05) is 39.0 Å². The molecule has 0 radical (unpaired) electrons. The van der Waals surface area contributed by atoms with Gasteiger partial charge in [-0.3, -0.25) is 4.57 Å². The summed E-state index contributed by atoms with van der Waals surface area (Å²) >= 11 is 0. The average Bonchev–Trinajstić information content (AvgIpc) is 3.88. The molecule has 0 fully saturated rings. The number of hydrogen-bond donors (Lipinski definition) is 0. The van der Waals surface area contributed by atoms with E-state index in [1.54, 1.807) is 0 Å². The lowest BCUT2D eigenvalue weighted by Gasteiger charge is -2.34. The molecule has 0 aliphatic rings. The number of para-hydroxylation sites is 2. The van der Waals surface area contributed by atoms with Crippen LogP contribution in [0.1, 0.15) is 6.85 Å². The molecular weight excluding hydrogens is 757 g/mol. The summed E-state index contributed by atoms with van der Waals surface area (Å²) in [7, 11) is -2.83. The molecule has 0 aliphatic carbocycles. The van der Waals surface area contributed by atoms with Crippen LogP contribution in [-0.4, -0.2) is 27.2 Å². The standard InChI is InChI=1S/C56H38N4Si/c1-5-20-41(21-6-1)59-51-31-16-15-30-47(51)48-37-49-54(38-53(48)59)60(52-33-32-39-18-13-14-29-46(39)55(49)52)56-57-35-34-50(58-56)40-19-17-28-45(36-40)61(42-22-7-2-8-23-42,43-24-9-3-10-25-43)44-26-11-4-12-27-44/h1-38H/i1D,5D,6D,20D,21D. The minimum absolute atomic E-state index is 0.0962. The number of fused-ring (bicyclic) bond motifs is 8. The lowest BCUT2D eigenvalue weighted by molar-refractivity contribution is 0.992. The first kappa shape index (κ1) is 30.2. The third kappa shape index (κ3) is 5.45. The molecule has 0 amide bonds. The topological polar surface area (TPSA) is 35.6 Å². The Balaban J connectivity index is 1.13. The van der Waals surface area contributed by atoms with E-state index < -0.39 is 14.1 Å². The van der Waals surface area contributed by atoms with Gasteiger partial charge in [0.25, 0.3) is 0 Å². The van der Waals surface area contributed by atoms with Crippen molar-refractivity contribution in [3.63, 3.8) is 0 Å². The minimum Gasteiger partial charge on any atom is -0.309 e. The van der Waals surface area contributed by atoms with Gasteiger partial charge in [0.15, 0.2) is 8.07 Å². The molecule has 0 spiro atoms. The number of rotatable bonds is 7. The van der Waals surface area contributed by atoms with E-state index in [1.807, 2.05) is 47.2 Å². The van der Waals surface area contributed by atoms with Gasteiger partial charge in [-0.2, -0.15) is 0 Å². The molecule has 0 unspecified atom stereocenters. The summed E-state index contributed by atoms with van der Waals surface area (Å²) in [6, 6.07) is 66.4. The van der Waals surface area contributed by atoms with Crippen LogP contribution in [-0.2, 0) is 0 Å². The van der Waals surface area contributed by atoms with E-state index in [0.29, 0.717) is 11.5 Å². The molecule has 0 saturated heterocycles. The zero-order valence-corrected chi connectivity index (χ0v) is 33.8. The molecule has 12 aromatic rings. The highest BCUT2D eigenvalue weighted by atomic mass is 28.3. The van der Waals surface area contributed by atoms with Crippen LogP contribution in [0, 0.1) is 0 Å². The molecule has 4 nitrogen and oxygen atoms in total. The summed E-state index contributed by atoms with van der Waals surface area (Å²) in [5.41, 5.74) is 5.00. The minimum atomic E-state index is -2.83. The fraction of sp³-hybridized carbons (Fsp3) is 0. The van der Waals surface area contributed by atoms with E-state index in [-0.39, 0.29) is 29.9 Å². The van der Waals surface area contributed by atoms with Gasteiger partial charge in [0.05, 0.1) is 34.6 Å². The Morgan fingerprint density at radius 2 is 1.05 bits per heavy atom. The molecule has 5 heteroatoms. The van der Waals surface area contributed by atoms with Crippen molar-refractivity contribution in [2.75, 3.05) is 0 Å². The SMILES string of the molecule is [2H]c1c([2H])c([2H])c(-n2c3ccccc3c3cc4c5c6ccccc6ccc5n(-c5nccc(-c6cccc([Si](c7ccccc7)(c7ccccc7)c7ccccc7)c6)n5)c4cc32)c([2H])c1[2H]. The van der Waals surface area contributed by atoms with E-state index in [1.165, 1.54) is 20.7 Å². The van der Waals surface area contributed by atoms with E-state index in [2.05, 4.69) is 162 Å². The van der Waals surface area contributed by atoms with Crippen molar-refractivity contribution in [2.45, 2.75) is 0 Å². The maximum absolute atomic E-state index is 9.07. The predicted octanol–water partition coefficient (Wildman–Crippen LogP) is 10.9. The summed E-state index contributed by atoms with van der Waals surface area (Å²) in [4.78, 5) is 10.4. The van der Waals surface area contributed by atoms with Crippen LogP contribution in [0.2, 0.25) is 0 Å². The second-order valence-corrected chi connectivity index (χ2v) is 19.2. The van der Waals surface area contributed by atoms with Crippen LogP contribution in [0.3, 0.4) is 0 Å². The number of benzene rings is 9. The van der Waals surface area contributed by atoms with Crippen LogP contribution in [0.4, 0.5) is 0 Å². The summed E-state index contributed by atoms with van der Waals surface area (Å²) in [5.74, 6) is 0.482. The van der Waals surface area contributed by atoms with Crippen LogP contribution < -0.4 is 20.7 Å². The van der Waals surface area contributed by atoms with Gasteiger partial charge in [-0.1, -0.05) is 182 Å². The first-order chi connectivity index (χ1) is 32.3. The monoisotopic (exact) mass is 799 g/mol. The van der Waals surface area contributed by atoms with Gasteiger partial charge in [-0.25, -0.2) is 9.97 Å². The van der Waals surface area contributed by atoms with Crippen LogP contribution in [0.25, 0.3) is 77.3 Å². The first-order valence-corrected chi connectivity index (χ1v) is 22.4. The Hall–Kier alpha value is -7.86. The van der Waals surface area contributed by atoms with Crippen LogP contribution >= 0.6 is 0 Å². The Labute approximate surface area is 361 Å². The number of hydrogen-bond acceptors (Lipinski definition) is 2. The van der Waals surface area contributed by atoms with Crippen molar-refractivity contribution < 1.29 is 6.85 Å². The van der Waals surface area contributed by atoms with Gasteiger partial charge in [-0.05, 0) is 73.9 Å². The second-order valence-electron chi connectivity index (χ2n) is 15.4. The molecule has 3 aromatic heterocycles. The summed E-state index contributed by atoms with van der Waals surface area (Å²) in [6.07, 6.45) is 1.82. The normalized spacial score (nSPS) is 13.1. The van der Waals surface area contributed by atoms with E-state index in [0.717, 1.165) is 60.1 Å².